The summed E-state index contributed by atoms with van der Waals surface area (Å²) in [5.41, 5.74) is 0.734. The minimum atomic E-state index is -3.01. The van der Waals surface area contributed by atoms with Gasteiger partial charge in [-0.1, -0.05) is 25.1 Å². The molecular formula is C12H18O3S. The van der Waals surface area contributed by atoms with Crippen molar-refractivity contribution >= 4 is 9.84 Å². The van der Waals surface area contributed by atoms with Crippen LogP contribution in [0, 0.1) is 0 Å². The Morgan fingerprint density at radius 3 is 2.44 bits per heavy atom. The summed E-state index contributed by atoms with van der Waals surface area (Å²) in [4.78, 5) is 0. The monoisotopic (exact) mass is 242 g/mol. The molecule has 0 fully saturated rings. The normalized spacial score (nSPS) is 11.8. The van der Waals surface area contributed by atoms with Crippen molar-refractivity contribution in [2.24, 2.45) is 0 Å². The van der Waals surface area contributed by atoms with Gasteiger partial charge in [0.1, 0.15) is 5.75 Å². The van der Waals surface area contributed by atoms with Gasteiger partial charge in [-0.25, -0.2) is 8.42 Å². The highest BCUT2D eigenvalue weighted by atomic mass is 32.2. The fourth-order valence-electron chi connectivity index (χ4n) is 1.33. The first kappa shape index (κ1) is 13.0. The maximum Gasteiger partial charge on any atom is 0.154 e. The lowest BCUT2D eigenvalue weighted by Gasteiger charge is -2.13. The molecule has 0 atom stereocenters. The molecule has 90 valence electrons. The summed E-state index contributed by atoms with van der Waals surface area (Å²) < 4.78 is 28.7. The molecule has 3 nitrogen and oxygen atoms in total. The first-order valence-electron chi connectivity index (χ1n) is 5.39. The second-order valence-electron chi connectivity index (χ2n) is 3.95. The van der Waals surface area contributed by atoms with E-state index in [0.717, 1.165) is 5.56 Å². The van der Waals surface area contributed by atoms with Crippen LogP contribution >= 0.6 is 0 Å². The van der Waals surface area contributed by atoms with Crippen LogP contribution in [0.3, 0.4) is 0 Å². The van der Waals surface area contributed by atoms with Crippen LogP contribution in [0.15, 0.2) is 24.3 Å². The first-order valence-corrected chi connectivity index (χ1v) is 7.21. The molecule has 0 aliphatic carbocycles. The largest absolute Gasteiger partial charge is 0.491 e. The minimum absolute atomic E-state index is 0.0467. The van der Waals surface area contributed by atoms with Gasteiger partial charge in [-0.15, -0.1) is 0 Å². The Balaban J connectivity index is 2.95. The van der Waals surface area contributed by atoms with Gasteiger partial charge in [0.15, 0.2) is 9.84 Å². The molecule has 1 rings (SSSR count). The van der Waals surface area contributed by atoms with E-state index in [2.05, 4.69) is 0 Å². The fraction of sp³-hybridized carbons (Fsp3) is 0.500. The van der Waals surface area contributed by atoms with Crippen LogP contribution in [0.5, 0.6) is 5.75 Å². The summed E-state index contributed by atoms with van der Waals surface area (Å²) in [5.74, 6) is 0.865. The van der Waals surface area contributed by atoms with Crippen LogP contribution in [0.1, 0.15) is 26.3 Å². The maximum atomic E-state index is 11.6. The molecule has 0 radical (unpaired) electrons. The number of rotatable bonds is 5. The van der Waals surface area contributed by atoms with Gasteiger partial charge in [-0.05, 0) is 19.9 Å². The molecule has 0 spiro atoms. The van der Waals surface area contributed by atoms with E-state index >= 15 is 0 Å². The van der Waals surface area contributed by atoms with E-state index in [1.807, 2.05) is 26.0 Å². The SMILES string of the molecule is CCS(=O)(=O)Cc1ccccc1OC(C)C. The molecule has 1 aromatic rings. The van der Waals surface area contributed by atoms with Crippen molar-refractivity contribution in [2.75, 3.05) is 5.75 Å². The van der Waals surface area contributed by atoms with Crippen LogP contribution < -0.4 is 4.74 Å². The molecule has 0 unspecified atom stereocenters. The number of benzene rings is 1. The molecule has 4 heteroatoms. The lowest BCUT2D eigenvalue weighted by atomic mass is 10.2. The number of ether oxygens (including phenoxy) is 1. The smallest absolute Gasteiger partial charge is 0.154 e. The van der Waals surface area contributed by atoms with Gasteiger partial charge in [-0.3, -0.25) is 0 Å². The number of hydrogen-bond donors (Lipinski definition) is 0. The maximum absolute atomic E-state index is 11.6. The Labute approximate surface area is 97.4 Å². The van der Waals surface area contributed by atoms with Crippen LogP contribution in [0.25, 0.3) is 0 Å². The van der Waals surface area contributed by atoms with E-state index in [9.17, 15) is 8.42 Å². The molecule has 0 aliphatic rings. The van der Waals surface area contributed by atoms with E-state index < -0.39 is 9.84 Å². The van der Waals surface area contributed by atoms with Crippen LogP contribution in [0.4, 0.5) is 0 Å². The molecule has 16 heavy (non-hydrogen) atoms. The van der Waals surface area contributed by atoms with E-state index in [0.29, 0.717) is 5.75 Å². The minimum Gasteiger partial charge on any atom is -0.491 e. The summed E-state index contributed by atoms with van der Waals surface area (Å²) in [6.07, 6.45) is 0.0467. The van der Waals surface area contributed by atoms with Gasteiger partial charge in [0, 0.05) is 11.3 Å². The Morgan fingerprint density at radius 1 is 1.25 bits per heavy atom. The van der Waals surface area contributed by atoms with Crippen molar-refractivity contribution in [3.63, 3.8) is 0 Å². The zero-order chi connectivity index (χ0) is 12.2. The van der Waals surface area contributed by atoms with E-state index in [-0.39, 0.29) is 17.6 Å². The molecule has 0 saturated carbocycles. The highest BCUT2D eigenvalue weighted by Gasteiger charge is 2.13. The van der Waals surface area contributed by atoms with Crippen molar-refractivity contribution in [3.05, 3.63) is 29.8 Å². The average molecular weight is 242 g/mol. The molecule has 0 bridgehead atoms. The van der Waals surface area contributed by atoms with E-state index in [1.54, 1.807) is 19.1 Å². The molecule has 0 aliphatic heterocycles. The molecule has 0 saturated heterocycles. The molecule has 0 N–H and O–H groups in total. The van der Waals surface area contributed by atoms with Crippen molar-refractivity contribution in [3.8, 4) is 5.75 Å². The topological polar surface area (TPSA) is 43.4 Å². The molecule has 0 amide bonds. The lowest BCUT2D eigenvalue weighted by molar-refractivity contribution is 0.240. The summed E-state index contributed by atoms with van der Waals surface area (Å²) in [6.45, 7) is 5.50. The predicted octanol–water partition coefficient (Wildman–Crippen LogP) is 2.41. The highest BCUT2D eigenvalue weighted by Crippen LogP contribution is 2.21. The van der Waals surface area contributed by atoms with Gasteiger partial charge in [-0.2, -0.15) is 0 Å². The lowest BCUT2D eigenvalue weighted by Crippen LogP contribution is -2.11. The summed E-state index contributed by atoms with van der Waals surface area (Å²) in [5, 5.41) is 0. The van der Waals surface area contributed by atoms with E-state index in [4.69, 9.17) is 4.74 Å². The molecule has 0 aromatic heterocycles. The number of sulfone groups is 1. The Morgan fingerprint density at radius 2 is 1.88 bits per heavy atom. The van der Waals surface area contributed by atoms with Crippen LogP contribution in [-0.4, -0.2) is 20.3 Å². The second-order valence-corrected chi connectivity index (χ2v) is 6.30. The van der Waals surface area contributed by atoms with Crippen molar-refractivity contribution in [1.29, 1.82) is 0 Å². The van der Waals surface area contributed by atoms with Gasteiger partial charge < -0.3 is 4.74 Å². The summed E-state index contributed by atoms with van der Waals surface area (Å²) in [7, 11) is -3.01. The van der Waals surface area contributed by atoms with E-state index in [1.165, 1.54) is 0 Å². The van der Waals surface area contributed by atoms with Crippen molar-refractivity contribution in [2.45, 2.75) is 32.6 Å². The van der Waals surface area contributed by atoms with Crippen LogP contribution in [-0.2, 0) is 15.6 Å². The van der Waals surface area contributed by atoms with Crippen LogP contribution in [0.2, 0.25) is 0 Å². The van der Waals surface area contributed by atoms with Gasteiger partial charge in [0.25, 0.3) is 0 Å². The molecule has 0 heterocycles. The number of para-hydroxylation sites is 1. The first-order chi connectivity index (χ1) is 7.44. The Hall–Kier alpha value is -1.03. The highest BCUT2D eigenvalue weighted by molar-refractivity contribution is 7.90. The Bertz CT molecular complexity index is 435. The third-order valence-electron chi connectivity index (χ3n) is 2.15. The number of hydrogen-bond acceptors (Lipinski definition) is 3. The average Bonchev–Trinajstić information content (AvgIpc) is 2.20. The zero-order valence-electron chi connectivity index (χ0n) is 9.93. The zero-order valence-corrected chi connectivity index (χ0v) is 10.8. The standard InChI is InChI=1S/C12H18O3S/c1-4-16(13,14)9-11-7-5-6-8-12(11)15-10(2)3/h5-8,10H,4,9H2,1-3H3. The quantitative estimate of drug-likeness (QED) is 0.796. The van der Waals surface area contributed by atoms with Gasteiger partial charge >= 0.3 is 0 Å². The molecular weight excluding hydrogens is 224 g/mol. The molecule has 1 aromatic carbocycles. The third-order valence-corrected chi connectivity index (χ3v) is 3.78. The van der Waals surface area contributed by atoms with Crippen molar-refractivity contribution < 1.29 is 13.2 Å². The fourth-order valence-corrected chi connectivity index (χ4v) is 2.25. The summed E-state index contributed by atoms with van der Waals surface area (Å²) in [6, 6.07) is 7.28. The van der Waals surface area contributed by atoms with Gasteiger partial charge in [0.05, 0.1) is 11.9 Å². The predicted molar refractivity (Wildman–Crippen MR) is 65.4 cm³/mol. The second kappa shape index (κ2) is 5.34. The van der Waals surface area contributed by atoms with Gasteiger partial charge in [0.2, 0.25) is 0 Å². The summed E-state index contributed by atoms with van der Waals surface area (Å²) >= 11 is 0. The third kappa shape index (κ3) is 3.85. The Kier molecular flexibility index (Phi) is 4.35. The van der Waals surface area contributed by atoms with Crippen molar-refractivity contribution in [1.82, 2.24) is 0 Å².